The number of imide groups is 1. The predicted octanol–water partition coefficient (Wildman–Crippen LogP) is 3.86. The molecule has 0 N–H and O–H groups in total. The molecule has 0 spiro atoms. The second kappa shape index (κ2) is 10.4. The number of methoxy groups -OCH3 is 2. The number of ether oxygens (including phenoxy) is 2. The van der Waals surface area contributed by atoms with E-state index >= 15 is 0 Å². The smallest absolute Gasteiger partial charge is 0.261 e. The number of likely N-dealkylation sites (N-methyl/N-ethyl adjacent to an activating group) is 1. The number of rotatable bonds is 9. The van der Waals surface area contributed by atoms with Crippen LogP contribution >= 0.6 is 0 Å². The maximum atomic E-state index is 13.0. The van der Waals surface area contributed by atoms with E-state index in [2.05, 4.69) is 0 Å². The van der Waals surface area contributed by atoms with E-state index in [-0.39, 0.29) is 23.3 Å². The SMILES string of the molecule is COc1ccc(CCN(C)C(=O)c2ccc3c(c2)C(=O)N(CCc2ccccc2)C3=O)cc1OC. The minimum atomic E-state index is -0.358. The van der Waals surface area contributed by atoms with E-state index in [1.165, 1.54) is 11.0 Å². The zero-order valence-corrected chi connectivity index (χ0v) is 20.1. The Bertz CT molecular complexity index is 1260. The molecule has 35 heavy (non-hydrogen) atoms. The molecule has 3 amide bonds. The quantitative estimate of drug-likeness (QED) is 0.442. The molecule has 1 heterocycles. The summed E-state index contributed by atoms with van der Waals surface area (Å²) in [5.41, 5.74) is 3.06. The molecule has 0 aromatic heterocycles. The summed E-state index contributed by atoms with van der Waals surface area (Å²) in [4.78, 5) is 41.6. The Morgan fingerprint density at radius 1 is 0.800 bits per heavy atom. The standard InChI is InChI=1S/C28H28N2O5/c1-29(15-13-20-9-12-24(34-2)25(17-20)35-3)26(31)21-10-11-22-23(18-21)28(33)30(27(22)32)16-14-19-7-5-4-6-8-19/h4-12,17-18H,13-16H2,1-3H3. The molecule has 0 bridgehead atoms. The van der Waals surface area contributed by atoms with Crippen LogP contribution in [0, 0.1) is 0 Å². The summed E-state index contributed by atoms with van der Waals surface area (Å²) in [6.07, 6.45) is 1.20. The minimum Gasteiger partial charge on any atom is -0.493 e. The lowest BCUT2D eigenvalue weighted by Crippen LogP contribution is -2.31. The zero-order chi connectivity index (χ0) is 24.9. The van der Waals surface area contributed by atoms with Crippen molar-refractivity contribution in [2.45, 2.75) is 12.8 Å². The van der Waals surface area contributed by atoms with Crippen molar-refractivity contribution in [2.24, 2.45) is 0 Å². The summed E-state index contributed by atoms with van der Waals surface area (Å²) in [6, 6.07) is 20.1. The molecule has 0 atom stereocenters. The Morgan fingerprint density at radius 3 is 2.23 bits per heavy atom. The lowest BCUT2D eigenvalue weighted by molar-refractivity contribution is 0.0655. The number of carbonyl (C=O) groups excluding carboxylic acids is 3. The predicted molar refractivity (Wildman–Crippen MR) is 132 cm³/mol. The van der Waals surface area contributed by atoms with E-state index in [1.807, 2.05) is 48.5 Å². The van der Waals surface area contributed by atoms with Crippen molar-refractivity contribution in [1.29, 1.82) is 0 Å². The van der Waals surface area contributed by atoms with Crippen molar-refractivity contribution in [1.82, 2.24) is 9.80 Å². The molecule has 1 aliphatic rings. The lowest BCUT2D eigenvalue weighted by Gasteiger charge is -2.18. The second-order valence-electron chi connectivity index (χ2n) is 8.42. The molecule has 3 aromatic carbocycles. The van der Waals surface area contributed by atoms with Crippen LogP contribution < -0.4 is 9.47 Å². The van der Waals surface area contributed by atoms with E-state index < -0.39 is 0 Å². The Balaban J connectivity index is 1.42. The van der Waals surface area contributed by atoms with Gasteiger partial charge in [-0.1, -0.05) is 36.4 Å². The summed E-state index contributed by atoms with van der Waals surface area (Å²) in [7, 11) is 4.89. The first-order chi connectivity index (χ1) is 16.9. The summed E-state index contributed by atoms with van der Waals surface area (Å²) < 4.78 is 10.6. The number of nitrogens with zero attached hydrogens (tertiary/aromatic N) is 2. The highest BCUT2D eigenvalue weighted by molar-refractivity contribution is 6.22. The molecule has 7 heteroatoms. The number of benzene rings is 3. The average Bonchev–Trinajstić information content (AvgIpc) is 3.14. The summed E-state index contributed by atoms with van der Waals surface area (Å²) >= 11 is 0. The van der Waals surface area contributed by atoms with Gasteiger partial charge in [-0.25, -0.2) is 0 Å². The summed E-state index contributed by atoms with van der Waals surface area (Å²) in [5.74, 6) is 0.398. The van der Waals surface area contributed by atoms with Crippen molar-refractivity contribution in [3.63, 3.8) is 0 Å². The fraction of sp³-hybridized carbons (Fsp3) is 0.250. The number of hydrogen-bond donors (Lipinski definition) is 0. The summed E-state index contributed by atoms with van der Waals surface area (Å²) in [6.45, 7) is 0.770. The van der Waals surface area contributed by atoms with Crippen molar-refractivity contribution in [3.05, 3.63) is 94.5 Å². The Morgan fingerprint density at radius 2 is 1.51 bits per heavy atom. The van der Waals surface area contributed by atoms with Crippen LogP contribution in [-0.2, 0) is 12.8 Å². The third kappa shape index (κ3) is 5.04. The maximum absolute atomic E-state index is 13.0. The third-order valence-electron chi connectivity index (χ3n) is 6.22. The molecule has 180 valence electrons. The molecule has 1 aliphatic heterocycles. The van der Waals surface area contributed by atoms with E-state index in [0.717, 1.165) is 11.1 Å². The molecule has 7 nitrogen and oxygen atoms in total. The van der Waals surface area contributed by atoms with Gasteiger partial charge in [-0.3, -0.25) is 19.3 Å². The number of amides is 3. The highest BCUT2D eigenvalue weighted by Gasteiger charge is 2.35. The Labute approximate surface area is 204 Å². The van der Waals surface area contributed by atoms with Crippen LogP contribution in [0.2, 0.25) is 0 Å². The largest absolute Gasteiger partial charge is 0.493 e. The molecule has 0 aliphatic carbocycles. The van der Waals surface area contributed by atoms with Gasteiger partial charge in [0.25, 0.3) is 17.7 Å². The van der Waals surface area contributed by atoms with Crippen molar-refractivity contribution >= 4 is 17.7 Å². The van der Waals surface area contributed by atoms with Crippen LogP contribution in [0.1, 0.15) is 42.2 Å². The number of fused-ring (bicyclic) bond motifs is 1. The van der Waals surface area contributed by atoms with Gasteiger partial charge >= 0.3 is 0 Å². The molecule has 3 aromatic rings. The Hall–Kier alpha value is -4.13. The van der Waals surface area contributed by atoms with Crippen LogP contribution in [0.25, 0.3) is 0 Å². The van der Waals surface area contributed by atoms with Crippen LogP contribution in [-0.4, -0.2) is 61.9 Å². The van der Waals surface area contributed by atoms with Gasteiger partial charge in [0.2, 0.25) is 0 Å². The average molecular weight is 473 g/mol. The first-order valence-electron chi connectivity index (χ1n) is 11.4. The highest BCUT2D eigenvalue weighted by atomic mass is 16.5. The van der Waals surface area contributed by atoms with Crippen LogP contribution in [0.3, 0.4) is 0 Å². The van der Waals surface area contributed by atoms with Crippen LogP contribution in [0.5, 0.6) is 11.5 Å². The Kier molecular flexibility index (Phi) is 7.15. The molecule has 0 saturated heterocycles. The number of hydrogen-bond acceptors (Lipinski definition) is 5. The molecular formula is C28H28N2O5. The second-order valence-corrected chi connectivity index (χ2v) is 8.42. The van der Waals surface area contributed by atoms with E-state index in [0.29, 0.717) is 48.6 Å². The van der Waals surface area contributed by atoms with Gasteiger partial charge in [-0.05, 0) is 54.3 Å². The van der Waals surface area contributed by atoms with Gasteiger partial charge in [-0.15, -0.1) is 0 Å². The molecule has 4 rings (SSSR count). The maximum Gasteiger partial charge on any atom is 0.261 e. The van der Waals surface area contributed by atoms with Gasteiger partial charge in [0.1, 0.15) is 0 Å². The zero-order valence-electron chi connectivity index (χ0n) is 20.1. The monoisotopic (exact) mass is 472 g/mol. The van der Waals surface area contributed by atoms with E-state index in [9.17, 15) is 14.4 Å². The highest BCUT2D eigenvalue weighted by Crippen LogP contribution is 2.28. The van der Waals surface area contributed by atoms with Crippen LogP contribution in [0.4, 0.5) is 0 Å². The van der Waals surface area contributed by atoms with Crippen molar-refractivity contribution in [2.75, 3.05) is 34.4 Å². The molecular weight excluding hydrogens is 444 g/mol. The lowest BCUT2D eigenvalue weighted by atomic mass is 10.0. The third-order valence-corrected chi connectivity index (χ3v) is 6.22. The molecule has 0 fully saturated rings. The minimum absolute atomic E-state index is 0.212. The van der Waals surface area contributed by atoms with Gasteiger partial charge in [0.15, 0.2) is 11.5 Å². The summed E-state index contributed by atoms with van der Waals surface area (Å²) in [5, 5.41) is 0. The van der Waals surface area contributed by atoms with Gasteiger partial charge in [-0.2, -0.15) is 0 Å². The van der Waals surface area contributed by atoms with Crippen molar-refractivity contribution < 1.29 is 23.9 Å². The molecule has 0 saturated carbocycles. The van der Waals surface area contributed by atoms with E-state index in [1.54, 1.807) is 38.3 Å². The first-order valence-corrected chi connectivity index (χ1v) is 11.4. The fourth-order valence-corrected chi connectivity index (χ4v) is 4.17. The normalized spacial score (nSPS) is 12.5. The topological polar surface area (TPSA) is 76.2 Å². The van der Waals surface area contributed by atoms with Gasteiger partial charge < -0.3 is 14.4 Å². The first kappa shape index (κ1) is 24.0. The molecule has 0 radical (unpaired) electrons. The van der Waals surface area contributed by atoms with Gasteiger partial charge in [0, 0.05) is 25.7 Å². The van der Waals surface area contributed by atoms with Crippen molar-refractivity contribution in [3.8, 4) is 11.5 Å². The van der Waals surface area contributed by atoms with Gasteiger partial charge in [0.05, 0.1) is 25.3 Å². The van der Waals surface area contributed by atoms with Crippen LogP contribution in [0.15, 0.2) is 66.7 Å². The number of carbonyl (C=O) groups is 3. The van der Waals surface area contributed by atoms with E-state index in [4.69, 9.17) is 9.47 Å². The fourth-order valence-electron chi connectivity index (χ4n) is 4.17. The molecule has 0 unspecified atom stereocenters.